The van der Waals surface area contributed by atoms with Gasteiger partial charge in [-0.3, -0.25) is 4.90 Å². The van der Waals surface area contributed by atoms with E-state index < -0.39 is 0 Å². The Kier molecular flexibility index (Phi) is 11.5. The van der Waals surface area contributed by atoms with Crippen LogP contribution in [0.25, 0.3) is 0 Å². The zero-order valence-electron chi connectivity index (χ0n) is 16.9. The first-order chi connectivity index (χ1) is 10.2. The van der Waals surface area contributed by atoms with Crippen LogP contribution < -0.4 is 0 Å². The van der Waals surface area contributed by atoms with Crippen molar-refractivity contribution in [3.63, 3.8) is 0 Å². The molecule has 1 heteroatoms. The van der Waals surface area contributed by atoms with E-state index in [2.05, 4.69) is 53.4 Å². The van der Waals surface area contributed by atoms with Crippen molar-refractivity contribution in [2.75, 3.05) is 6.54 Å². The molecule has 0 bridgehead atoms. The van der Waals surface area contributed by atoms with Gasteiger partial charge >= 0.3 is 0 Å². The van der Waals surface area contributed by atoms with E-state index in [9.17, 15) is 0 Å². The smallest absolute Gasteiger partial charge is 0.0130 e. The number of hydrogen-bond acceptors (Lipinski definition) is 1. The zero-order chi connectivity index (χ0) is 17.1. The molecule has 22 heavy (non-hydrogen) atoms. The first kappa shape index (κ1) is 22.0. The molecule has 1 nitrogen and oxygen atoms in total. The Morgan fingerprint density at radius 3 is 1.14 bits per heavy atom. The molecule has 0 aliphatic rings. The molecule has 0 saturated heterocycles. The van der Waals surface area contributed by atoms with Gasteiger partial charge in [-0.05, 0) is 54.5 Å². The molecule has 0 spiro atoms. The molecule has 0 rings (SSSR count). The van der Waals surface area contributed by atoms with Gasteiger partial charge in [-0.2, -0.15) is 0 Å². The van der Waals surface area contributed by atoms with Gasteiger partial charge in [0, 0.05) is 11.1 Å². The molecule has 0 aliphatic heterocycles. The fraction of sp³-hybridized carbons (Fsp3) is 1.00. The van der Waals surface area contributed by atoms with Crippen molar-refractivity contribution in [1.29, 1.82) is 0 Å². The largest absolute Gasteiger partial charge is 0.294 e. The molecule has 0 saturated carbocycles. The summed E-state index contributed by atoms with van der Waals surface area (Å²) in [6, 6.07) is 0. The Hall–Kier alpha value is -0.0400. The summed E-state index contributed by atoms with van der Waals surface area (Å²) >= 11 is 0. The highest BCUT2D eigenvalue weighted by Gasteiger charge is 2.30. The lowest BCUT2D eigenvalue weighted by molar-refractivity contribution is 0.0367. The SMILES string of the molecule is CCCCCCCCCCCCCN(C(C)(C)C)C(C)(C)C. The summed E-state index contributed by atoms with van der Waals surface area (Å²) < 4.78 is 0. The molecule has 0 unspecified atom stereocenters. The second-order valence-corrected chi connectivity index (χ2v) is 9.03. The van der Waals surface area contributed by atoms with Crippen molar-refractivity contribution < 1.29 is 0 Å². The monoisotopic (exact) mass is 311 g/mol. The average Bonchev–Trinajstić information content (AvgIpc) is 2.37. The standard InChI is InChI=1S/C21H45N/c1-8-9-10-11-12-13-14-15-16-17-18-19-22(20(2,3)4)21(5,6)7/h8-19H2,1-7H3. The highest BCUT2D eigenvalue weighted by molar-refractivity contribution is 4.86. The van der Waals surface area contributed by atoms with Crippen molar-refractivity contribution in [3.05, 3.63) is 0 Å². The molecule has 0 aromatic carbocycles. The highest BCUT2D eigenvalue weighted by Crippen LogP contribution is 2.25. The van der Waals surface area contributed by atoms with E-state index in [0.29, 0.717) is 0 Å². The molecule has 0 atom stereocenters. The average molecular weight is 312 g/mol. The third kappa shape index (κ3) is 11.5. The van der Waals surface area contributed by atoms with Gasteiger partial charge in [0.1, 0.15) is 0 Å². The van der Waals surface area contributed by atoms with Crippen LogP contribution in [0.1, 0.15) is 119 Å². The second kappa shape index (κ2) is 11.5. The van der Waals surface area contributed by atoms with Crippen LogP contribution in [0, 0.1) is 0 Å². The maximum atomic E-state index is 2.66. The minimum Gasteiger partial charge on any atom is -0.294 e. The lowest BCUT2D eigenvalue weighted by Gasteiger charge is -2.45. The van der Waals surface area contributed by atoms with Crippen LogP contribution in [0.3, 0.4) is 0 Å². The minimum atomic E-state index is 0.275. The van der Waals surface area contributed by atoms with E-state index in [4.69, 9.17) is 0 Å². The topological polar surface area (TPSA) is 3.24 Å². The Morgan fingerprint density at radius 2 is 0.818 bits per heavy atom. The maximum absolute atomic E-state index is 2.66. The van der Waals surface area contributed by atoms with Gasteiger partial charge in [0.05, 0.1) is 0 Å². The van der Waals surface area contributed by atoms with Crippen LogP contribution >= 0.6 is 0 Å². The Bertz CT molecular complexity index is 230. The van der Waals surface area contributed by atoms with E-state index >= 15 is 0 Å². The second-order valence-electron chi connectivity index (χ2n) is 9.03. The van der Waals surface area contributed by atoms with E-state index in [1.807, 2.05) is 0 Å². The number of nitrogens with zero attached hydrogens (tertiary/aromatic N) is 1. The summed E-state index contributed by atoms with van der Waals surface area (Å²) in [5, 5.41) is 0. The fourth-order valence-electron chi connectivity index (χ4n) is 3.61. The lowest BCUT2D eigenvalue weighted by atomic mass is 9.95. The van der Waals surface area contributed by atoms with Gasteiger partial charge in [-0.15, -0.1) is 0 Å². The van der Waals surface area contributed by atoms with Gasteiger partial charge in [0.15, 0.2) is 0 Å². The summed E-state index contributed by atoms with van der Waals surface area (Å²) in [7, 11) is 0. The van der Waals surface area contributed by atoms with E-state index in [-0.39, 0.29) is 11.1 Å². The van der Waals surface area contributed by atoms with Gasteiger partial charge in [0.2, 0.25) is 0 Å². The number of unbranched alkanes of at least 4 members (excludes halogenated alkanes) is 10. The first-order valence-corrected chi connectivity index (χ1v) is 9.97. The predicted octanol–water partition coefficient (Wildman–Crippen LogP) is 7.20. The minimum absolute atomic E-state index is 0.275. The molecule has 0 aliphatic carbocycles. The van der Waals surface area contributed by atoms with E-state index in [0.717, 1.165) is 0 Å². The fourth-order valence-corrected chi connectivity index (χ4v) is 3.61. The van der Waals surface area contributed by atoms with Crippen LogP contribution in [-0.4, -0.2) is 22.5 Å². The molecule has 0 radical (unpaired) electrons. The van der Waals surface area contributed by atoms with Gasteiger partial charge < -0.3 is 0 Å². The van der Waals surface area contributed by atoms with Crippen LogP contribution in [0.2, 0.25) is 0 Å². The molecule has 0 amide bonds. The molecule has 0 aromatic rings. The van der Waals surface area contributed by atoms with Crippen molar-refractivity contribution >= 4 is 0 Å². The Labute approximate surface area is 142 Å². The molecule has 0 aromatic heterocycles. The molecule has 0 heterocycles. The third-order valence-corrected chi connectivity index (χ3v) is 4.60. The summed E-state index contributed by atoms with van der Waals surface area (Å²) in [6.45, 7) is 17.6. The molecule has 0 N–H and O–H groups in total. The van der Waals surface area contributed by atoms with Crippen molar-refractivity contribution in [2.45, 2.75) is 130 Å². The number of hydrogen-bond donors (Lipinski definition) is 0. The summed E-state index contributed by atoms with van der Waals surface area (Å²) in [5.41, 5.74) is 0.549. The van der Waals surface area contributed by atoms with Crippen LogP contribution in [-0.2, 0) is 0 Å². The van der Waals surface area contributed by atoms with Crippen molar-refractivity contribution in [1.82, 2.24) is 4.90 Å². The summed E-state index contributed by atoms with van der Waals surface area (Å²) in [5.74, 6) is 0. The normalized spacial score (nSPS) is 13.1. The molecule has 134 valence electrons. The Balaban J connectivity index is 3.59. The van der Waals surface area contributed by atoms with Crippen molar-refractivity contribution in [3.8, 4) is 0 Å². The lowest BCUT2D eigenvalue weighted by Crippen LogP contribution is -2.52. The van der Waals surface area contributed by atoms with E-state index in [1.54, 1.807) is 0 Å². The van der Waals surface area contributed by atoms with Crippen LogP contribution in [0.5, 0.6) is 0 Å². The molecular formula is C21H45N. The van der Waals surface area contributed by atoms with Gasteiger partial charge in [-0.25, -0.2) is 0 Å². The predicted molar refractivity (Wildman–Crippen MR) is 103 cm³/mol. The van der Waals surface area contributed by atoms with Crippen molar-refractivity contribution in [2.24, 2.45) is 0 Å². The maximum Gasteiger partial charge on any atom is 0.0130 e. The zero-order valence-corrected chi connectivity index (χ0v) is 16.9. The van der Waals surface area contributed by atoms with Gasteiger partial charge in [0.25, 0.3) is 0 Å². The van der Waals surface area contributed by atoms with Crippen LogP contribution in [0.15, 0.2) is 0 Å². The first-order valence-electron chi connectivity index (χ1n) is 9.97. The summed E-state index contributed by atoms with van der Waals surface area (Å²) in [6.07, 6.45) is 15.7. The quantitative estimate of drug-likeness (QED) is 0.344. The van der Waals surface area contributed by atoms with E-state index in [1.165, 1.54) is 77.2 Å². The highest BCUT2D eigenvalue weighted by atomic mass is 15.2. The summed E-state index contributed by atoms with van der Waals surface area (Å²) in [4.78, 5) is 2.66. The third-order valence-electron chi connectivity index (χ3n) is 4.60. The Morgan fingerprint density at radius 1 is 0.500 bits per heavy atom. The molecule has 0 fully saturated rings. The van der Waals surface area contributed by atoms with Crippen LogP contribution in [0.4, 0.5) is 0 Å². The number of rotatable bonds is 12. The van der Waals surface area contributed by atoms with Gasteiger partial charge in [-0.1, -0.05) is 71.1 Å². The molecular weight excluding hydrogens is 266 g/mol.